The van der Waals surface area contributed by atoms with Gasteiger partial charge in [-0.25, -0.2) is 0 Å². The van der Waals surface area contributed by atoms with Crippen LogP contribution in [0, 0.1) is 29.1 Å². The maximum absolute atomic E-state index is 13.2. The molecule has 1 saturated heterocycles. The van der Waals surface area contributed by atoms with E-state index in [-0.39, 0.29) is 10.3 Å². The fourth-order valence-corrected chi connectivity index (χ4v) is 5.86. The number of benzene rings is 1. The first-order valence-corrected chi connectivity index (χ1v) is 8.36. The fraction of sp³-hybridized carbons (Fsp3) is 0.471. The Kier molecular flexibility index (Phi) is 3.05. The van der Waals surface area contributed by atoms with Crippen LogP contribution in [-0.2, 0) is 6.18 Å². The zero-order valence-electron chi connectivity index (χ0n) is 12.5. The molecule has 120 valence electrons. The Morgan fingerprint density at radius 3 is 2.78 bits per heavy atom. The van der Waals surface area contributed by atoms with E-state index in [0.717, 1.165) is 12.6 Å². The van der Waals surface area contributed by atoms with Crippen molar-refractivity contribution in [2.75, 3.05) is 10.8 Å². The largest absolute Gasteiger partial charge is 0.417 e. The Labute approximate surface area is 137 Å². The van der Waals surface area contributed by atoms with Crippen LogP contribution in [0.3, 0.4) is 0 Å². The molecule has 3 aliphatic rings. The predicted octanol–water partition coefficient (Wildman–Crippen LogP) is 4.63. The molecule has 0 N–H and O–H groups in total. The van der Waals surface area contributed by atoms with Gasteiger partial charge in [-0.05, 0) is 55.3 Å². The Morgan fingerprint density at radius 1 is 1.35 bits per heavy atom. The van der Waals surface area contributed by atoms with Gasteiger partial charge in [-0.3, -0.25) is 0 Å². The predicted molar refractivity (Wildman–Crippen MR) is 83.7 cm³/mol. The molecule has 1 aromatic carbocycles. The van der Waals surface area contributed by atoms with Gasteiger partial charge in [0.2, 0.25) is 0 Å². The normalized spacial score (nSPS) is 34.7. The highest BCUT2D eigenvalue weighted by molar-refractivity contribution is 8.02. The number of alkyl halides is 3. The Balaban J connectivity index is 1.67. The van der Waals surface area contributed by atoms with Gasteiger partial charge in [-0.1, -0.05) is 12.2 Å². The summed E-state index contributed by atoms with van der Waals surface area (Å²) in [6.07, 6.45) is 1.19. The van der Waals surface area contributed by atoms with Crippen LogP contribution in [0.15, 0.2) is 30.4 Å². The summed E-state index contributed by atoms with van der Waals surface area (Å²) >= 11 is 1.66. The summed E-state index contributed by atoms with van der Waals surface area (Å²) in [4.78, 5) is 0. The molecule has 4 atom stereocenters. The lowest BCUT2D eigenvalue weighted by atomic mass is 9.83. The van der Waals surface area contributed by atoms with Crippen LogP contribution in [0.1, 0.15) is 24.5 Å². The third kappa shape index (κ3) is 2.09. The molecule has 6 heteroatoms. The summed E-state index contributed by atoms with van der Waals surface area (Å²) in [6.45, 7) is 2.99. The standard InChI is InChI=1S/C17H15F3N2S/c1-16-12-4-2-10(6-12)15(16)9-22(23-16)13-5-3-11(8-21)14(7-13)17(18,19)20/h2-5,7,10,12,15H,6,9H2,1H3/t10-,12+,15-,16+/m0/s1. The summed E-state index contributed by atoms with van der Waals surface area (Å²) < 4.78 is 41.5. The highest BCUT2D eigenvalue weighted by Gasteiger charge is 2.58. The minimum atomic E-state index is -4.51. The molecular weight excluding hydrogens is 321 g/mol. The van der Waals surface area contributed by atoms with Crippen LogP contribution in [0.5, 0.6) is 0 Å². The van der Waals surface area contributed by atoms with Crippen LogP contribution in [0.25, 0.3) is 0 Å². The molecule has 0 unspecified atom stereocenters. The molecule has 0 radical (unpaired) electrons. The smallest absolute Gasteiger partial charge is 0.315 e. The van der Waals surface area contributed by atoms with Crippen LogP contribution in [-0.4, -0.2) is 11.3 Å². The van der Waals surface area contributed by atoms with E-state index in [1.165, 1.54) is 12.5 Å². The molecule has 0 spiro atoms. The minimum Gasteiger partial charge on any atom is -0.315 e. The van der Waals surface area contributed by atoms with Crippen molar-refractivity contribution >= 4 is 17.6 Å². The molecule has 0 aromatic heterocycles. The topological polar surface area (TPSA) is 27.0 Å². The summed E-state index contributed by atoms with van der Waals surface area (Å²) in [5.74, 6) is 1.53. The SMILES string of the molecule is C[C@]12SN(c3ccc(C#N)c(C(F)(F)F)c3)C[C@H]1[C@H]1C=C[C@@H]2C1. The maximum atomic E-state index is 13.2. The minimum absolute atomic E-state index is 0.0751. The Bertz CT molecular complexity index is 736. The summed E-state index contributed by atoms with van der Waals surface area (Å²) in [7, 11) is 0. The lowest BCUT2D eigenvalue weighted by molar-refractivity contribution is -0.137. The van der Waals surface area contributed by atoms with Gasteiger partial charge in [0.15, 0.2) is 0 Å². The lowest BCUT2D eigenvalue weighted by Gasteiger charge is -2.30. The average molecular weight is 336 g/mol. The van der Waals surface area contributed by atoms with E-state index >= 15 is 0 Å². The number of hydrogen-bond acceptors (Lipinski definition) is 3. The third-order valence-corrected chi connectivity index (χ3v) is 7.07. The number of hydrogen-bond donors (Lipinski definition) is 0. The van der Waals surface area contributed by atoms with Crippen LogP contribution in [0.2, 0.25) is 0 Å². The zero-order chi connectivity index (χ0) is 16.4. The molecule has 4 rings (SSSR count). The van der Waals surface area contributed by atoms with E-state index in [9.17, 15) is 13.2 Å². The first-order valence-electron chi connectivity index (χ1n) is 7.59. The molecule has 1 heterocycles. The summed E-state index contributed by atoms with van der Waals surface area (Å²) in [5.41, 5.74) is -0.628. The van der Waals surface area contributed by atoms with Crippen molar-refractivity contribution < 1.29 is 13.2 Å². The van der Waals surface area contributed by atoms with Crippen molar-refractivity contribution in [1.82, 2.24) is 0 Å². The highest BCUT2D eigenvalue weighted by Crippen LogP contribution is 2.62. The van der Waals surface area contributed by atoms with Gasteiger partial charge in [0.05, 0.1) is 17.2 Å². The van der Waals surface area contributed by atoms with Crippen molar-refractivity contribution in [2.45, 2.75) is 24.3 Å². The average Bonchev–Trinajstić information content (AvgIpc) is 3.16. The molecule has 2 bridgehead atoms. The van der Waals surface area contributed by atoms with Gasteiger partial charge < -0.3 is 4.31 Å². The van der Waals surface area contributed by atoms with Crippen molar-refractivity contribution in [3.8, 4) is 6.07 Å². The first-order chi connectivity index (χ1) is 10.8. The number of halogens is 3. The van der Waals surface area contributed by atoms with Gasteiger partial charge in [0.1, 0.15) is 0 Å². The number of fused-ring (bicyclic) bond motifs is 5. The second-order valence-corrected chi connectivity index (χ2v) is 8.18. The molecule has 2 fully saturated rings. The van der Waals surface area contributed by atoms with Gasteiger partial charge in [-0.2, -0.15) is 18.4 Å². The molecule has 1 aliphatic heterocycles. The summed E-state index contributed by atoms with van der Waals surface area (Å²) in [6, 6.07) is 5.66. The second-order valence-electron chi connectivity index (χ2n) is 6.67. The number of anilines is 1. The van der Waals surface area contributed by atoms with Crippen LogP contribution in [0.4, 0.5) is 18.9 Å². The van der Waals surface area contributed by atoms with Crippen LogP contribution < -0.4 is 4.31 Å². The van der Waals surface area contributed by atoms with Crippen molar-refractivity contribution in [3.05, 3.63) is 41.5 Å². The van der Waals surface area contributed by atoms with Gasteiger partial charge >= 0.3 is 6.18 Å². The van der Waals surface area contributed by atoms with Crippen molar-refractivity contribution in [3.63, 3.8) is 0 Å². The third-order valence-electron chi connectivity index (χ3n) is 5.49. The number of nitriles is 1. The fourth-order valence-electron chi connectivity index (χ4n) is 4.23. The number of nitrogens with zero attached hydrogens (tertiary/aromatic N) is 2. The van der Waals surface area contributed by atoms with Gasteiger partial charge in [0, 0.05) is 22.9 Å². The van der Waals surface area contributed by atoms with E-state index in [1.807, 2.05) is 4.31 Å². The Morgan fingerprint density at radius 2 is 2.13 bits per heavy atom. The molecular formula is C17H15F3N2S. The molecule has 23 heavy (non-hydrogen) atoms. The molecule has 2 aliphatic carbocycles. The van der Waals surface area contributed by atoms with Gasteiger partial charge in [-0.15, -0.1) is 0 Å². The van der Waals surface area contributed by atoms with Crippen molar-refractivity contribution in [1.29, 1.82) is 5.26 Å². The van der Waals surface area contributed by atoms with E-state index in [1.54, 1.807) is 24.1 Å². The second kappa shape index (κ2) is 4.70. The first kappa shape index (κ1) is 14.9. The monoisotopic (exact) mass is 336 g/mol. The summed E-state index contributed by atoms with van der Waals surface area (Å²) in [5, 5.41) is 8.91. The van der Waals surface area contributed by atoms with Crippen molar-refractivity contribution in [2.24, 2.45) is 17.8 Å². The van der Waals surface area contributed by atoms with E-state index < -0.39 is 11.7 Å². The Hall–Kier alpha value is -1.61. The number of allylic oxidation sites excluding steroid dienone is 2. The van der Waals surface area contributed by atoms with E-state index in [0.29, 0.717) is 23.4 Å². The highest BCUT2D eigenvalue weighted by atomic mass is 32.2. The zero-order valence-corrected chi connectivity index (χ0v) is 13.3. The lowest BCUT2D eigenvalue weighted by Crippen LogP contribution is -2.31. The molecule has 1 saturated carbocycles. The molecule has 0 amide bonds. The molecule has 2 nitrogen and oxygen atoms in total. The van der Waals surface area contributed by atoms with E-state index in [4.69, 9.17) is 5.26 Å². The molecule has 1 aromatic rings. The van der Waals surface area contributed by atoms with Gasteiger partial charge in [0.25, 0.3) is 0 Å². The maximum Gasteiger partial charge on any atom is 0.417 e. The quantitative estimate of drug-likeness (QED) is 0.553. The van der Waals surface area contributed by atoms with E-state index in [2.05, 4.69) is 19.1 Å². The van der Waals surface area contributed by atoms with Crippen LogP contribution >= 0.6 is 11.9 Å². The number of rotatable bonds is 1.